The van der Waals surface area contributed by atoms with Gasteiger partial charge in [-0.1, -0.05) is 6.08 Å². The molecule has 0 spiro atoms. The molecule has 0 aromatic carbocycles. The van der Waals surface area contributed by atoms with Gasteiger partial charge in [0, 0.05) is 24.7 Å². The molecule has 0 aromatic rings. The lowest BCUT2D eigenvalue weighted by molar-refractivity contribution is 0.150. The van der Waals surface area contributed by atoms with E-state index in [9.17, 15) is 0 Å². The molecule has 0 aromatic heterocycles. The molecule has 0 aliphatic rings. The summed E-state index contributed by atoms with van der Waals surface area (Å²) in [5.41, 5.74) is 5.94. The van der Waals surface area contributed by atoms with Crippen LogP contribution in [0.2, 0.25) is 0 Å². The maximum absolute atomic E-state index is 5.73. The van der Waals surface area contributed by atoms with E-state index in [0.717, 1.165) is 19.5 Å². The summed E-state index contributed by atoms with van der Waals surface area (Å²) in [6, 6.07) is 0.287. The first kappa shape index (κ1) is 12.7. The summed E-state index contributed by atoms with van der Waals surface area (Å²) in [6.07, 6.45) is 3.00. The number of nitrogens with two attached hydrogens (primary N) is 1. The smallest absolute Gasteiger partial charge is 0.0165 e. The summed E-state index contributed by atoms with van der Waals surface area (Å²) in [5, 5.41) is 0. The van der Waals surface area contributed by atoms with Gasteiger partial charge in [-0.3, -0.25) is 4.90 Å². The first-order valence-electron chi connectivity index (χ1n) is 4.99. The van der Waals surface area contributed by atoms with E-state index < -0.39 is 0 Å². The highest BCUT2D eigenvalue weighted by Gasteiger charge is 2.19. The Morgan fingerprint density at radius 1 is 1.46 bits per heavy atom. The van der Waals surface area contributed by atoms with Gasteiger partial charge in [0.2, 0.25) is 0 Å². The molecule has 0 aliphatic heterocycles. The van der Waals surface area contributed by atoms with Crippen LogP contribution < -0.4 is 5.73 Å². The van der Waals surface area contributed by atoms with Gasteiger partial charge in [-0.25, -0.2) is 0 Å². The van der Waals surface area contributed by atoms with Crippen LogP contribution in [0, 0.1) is 0 Å². The Labute approximate surface area is 82.8 Å². The molecule has 0 bridgehead atoms. The van der Waals surface area contributed by atoms with Gasteiger partial charge in [-0.15, -0.1) is 6.58 Å². The predicted octanol–water partition coefficient (Wildman–Crippen LogP) is 2.01. The summed E-state index contributed by atoms with van der Waals surface area (Å²) in [4.78, 5) is 2.39. The lowest BCUT2D eigenvalue weighted by Gasteiger charge is -2.35. The van der Waals surface area contributed by atoms with E-state index in [0.29, 0.717) is 0 Å². The molecule has 0 saturated carbocycles. The summed E-state index contributed by atoms with van der Waals surface area (Å²) in [6.45, 7) is 14.5. The van der Waals surface area contributed by atoms with E-state index in [2.05, 4.69) is 39.2 Å². The van der Waals surface area contributed by atoms with Crippen molar-refractivity contribution in [2.24, 2.45) is 5.73 Å². The predicted molar refractivity (Wildman–Crippen MR) is 59.8 cm³/mol. The normalized spacial score (nSPS) is 14.6. The van der Waals surface area contributed by atoms with Crippen molar-refractivity contribution in [1.29, 1.82) is 0 Å². The fourth-order valence-corrected chi connectivity index (χ4v) is 1.22. The molecule has 0 amide bonds. The van der Waals surface area contributed by atoms with Gasteiger partial charge in [0.1, 0.15) is 0 Å². The van der Waals surface area contributed by atoms with Gasteiger partial charge < -0.3 is 5.73 Å². The molecule has 0 radical (unpaired) electrons. The van der Waals surface area contributed by atoms with Crippen LogP contribution in [0.5, 0.6) is 0 Å². The zero-order valence-corrected chi connectivity index (χ0v) is 9.51. The number of hydrogen-bond donors (Lipinski definition) is 1. The van der Waals surface area contributed by atoms with Crippen molar-refractivity contribution in [3.63, 3.8) is 0 Å². The lowest BCUT2D eigenvalue weighted by atomic mass is 10.0. The molecular formula is C11H24N2. The highest BCUT2D eigenvalue weighted by atomic mass is 15.2. The third-order valence-electron chi connectivity index (χ3n) is 2.15. The Morgan fingerprint density at radius 2 is 2.00 bits per heavy atom. The van der Waals surface area contributed by atoms with Crippen LogP contribution in [0.1, 0.15) is 34.1 Å². The summed E-state index contributed by atoms with van der Waals surface area (Å²) in [5.74, 6) is 0. The van der Waals surface area contributed by atoms with E-state index in [1.54, 1.807) is 0 Å². The minimum atomic E-state index is 0.211. The molecule has 0 fully saturated rings. The Morgan fingerprint density at radius 3 is 2.31 bits per heavy atom. The number of rotatable bonds is 5. The molecule has 2 nitrogen and oxygen atoms in total. The highest BCUT2D eigenvalue weighted by molar-refractivity contribution is 4.83. The van der Waals surface area contributed by atoms with Crippen molar-refractivity contribution < 1.29 is 0 Å². The summed E-state index contributed by atoms with van der Waals surface area (Å²) in [7, 11) is 0. The molecular weight excluding hydrogens is 160 g/mol. The quantitative estimate of drug-likeness (QED) is 0.662. The second-order valence-electron chi connectivity index (χ2n) is 4.67. The van der Waals surface area contributed by atoms with Crippen molar-refractivity contribution in [1.82, 2.24) is 4.90 Å². The van der Waals surface area contributed by atoms with Gasteiger partial charge in [-0.2, -0.15) is 0 Å². The zero-order valence-electron chi connectivity index (χ0n) is 9.51. The minimum Gasteiger partial charge on any atom is -0.328 e. The molecule has 2 N–H and O–H groups in total. The van der Waals surface area contributed by atoms with Crippen LogP contribution in [0.15, 0.2) is 12.7 Å². The molecule has 13 heavy (non-hydrogen) atoms. The standard InChI is InChI=1S/C11H24N2/c1-6-8-13(11(3,4)5)9-7-10(2)12/h6,10H,1,7-9,12H2,2-5H3. The van der Waals surface area contributed by atoms with Crippen LogP contribution in [0.25, 0.3) is 0 Å². The van der Waals surface area contributed by atoms with Crippen molar-refractivity contribution in [3.8, 4) is 0 Å². The monoisotopic (exact) mass is 184 g/mol. The lowest BCUT2D eigenvalue weighted by Crippen LogP contribution is -2.43. The van der Waals surface area contributed by atoms with E-state index in [1.165, 1.54) is 0 Å². The third-order valence-corrected chi connectivity index (χ3v) is 2.15. The van der Waals surface area contributed by atoms with Gasteiger partial charge in [0.15, 0.2) is 0 Å². The Balaban J connectivity index is 4.02. The van der Waals surface area contributed by atoms with Crippen molar-refractivity contribution in [3.05, 3.63) is 12.7 Å². The van der Waals surface area contributed by atoms with E-state index in [1.807, 2.05) is 6.08 Å². The van der Waals surface area contributed by atoms with E-state index in [-0.39, 0.29) is 11.6 Å². The number of hydrogen-bond acceptors (Lipinski definition) is 2. The Kier molecular flexibility index (Phi) is 5.26. The van der Waals surface area contributed by atoms with Crippen LogP contribution in [0.3, 0.4) is 0 Å². The van der Waals surface area contributed by atoms with Crippen molar-refractivity contribution >= 4 is 0 Å². The third kappa shape index (κ3) is 5.83. The largest absolute Gasteiger partial charge is 0.328 e. The molecule has 2 heteroatoms. The Hall–Kier alpha value is -0.340. The van der Waals surface area contributed by atoms with E-state index >= 15 is 0 Å². The van der Waals surface area contributed by atoms with Gasteiger partial charge in [-0.05, 0) is 34.1 Å². The SMILES string of the molecule is C=CCN(CCC(C)N)C(C)(C)C. The second-order valence-corrected chi connectivity index (χ2v) is 4.67. The maximum atomic E-state index is 5.73. The molecule has 0 aliphatic carbocycles. The van der Waals surface area contributed by atoms with Crippen LogP contribution in [-0.2, 0) is 0 Å². The maximum Gasteiger partial charge on any atom is 0.0165 e. The van der Waals surface area contributed by atoms with Gasteiger partial charge in [0.25, 0.3) is 0 Å². The first-order valence-corrected chi connectivity index (χ1v) is 4.99. The summed E-state index contributed by atoms with van der Waals surface area (Å²) < 4.78 is 0. The molecule has 78 valence electrons. The van der Waals surface area contributed by atoms with Crippen LogP contribution >= 0.6 is 0 Å². The Bertz CT molecular complexity index is 145. The minimum absolute atomic E-state index is 0.211. The molecule has 1 unspecified atom stereocenters. The molecule has 0 heterocycles. The molecule has 0 saturated heterocycles. The molecule has 0 rings (SSSR count). The summed E-state index contributed by atoms with van der Waals surface area (Å²) >= 11 is 0. The van der Waals surface area contributed by atoms with Crippen molar-refractivity contribution in [2.75, 3.05) is 13.1 Å². The number of nitrogens with zero attached hydrogens (tertiary/aromatic N) is 1. The van der Waals surface area contributed by atoms with Gasteiger partial charge in [0.05, 0.1) is 0 Å². The average Bonchev–Trinajstić information content (AvgIpc) is 1.95. The fourth-order valence-electron chi connectivity index (χ4n) is 1.22. The van der Waals surface area contributed by atoms with Gasteiger partial charge >= 0.3 is 0 Å². The first-order chi connectivity index (χ1) is 5.88. The highest BCUT2D eigenvalue weighted by Crippen LogP contribution is 2.13. The average molecular weight is 184 g/mol. The van der Waals surface area contributed by atoms with Crippen LogP contribution in [0.4, 0.5) is 0 Å². The molecule has 1 atom stereocenters. The van der Waals surface area contributed by atoms with Crippen LogP contribution in [-0.4, -0.2) is 29.6 Å². The van der Waals surface area contributed by atoms with Crippen molar-refractivity contribution in [2.45, 2.75) is 45.7 Å². The second kappa shape index (κ2) is 5.40. The van der Waals surface area contributed by atoms with E-state index in [4.69, 9.17) is 5.73 Å². The zero-order chi connectivity index (χ0) is 10.5. The fraction of sp³-hybridized carbons (Fsp3) is 0.818. The topological polar surface area (TPSA) is 29.3 Å².